The summed E-state index contributed by atoms with van der Waals surface area (Å²) in [5, 5.41) is 3.16. The van der Waals surface area contributed by atoms with Gasteiger partial charge in [0.25, 0.3) is 5.91 Å². The third-order valence-corrected chi connectivity index (χ3v) is 3.68. The number of carbonyl (C=O) groups is 1. The quantitative estimate of drug-likeness (QED) is 0.281. The fourth-order valence-corrected chi connectivity index (χ4v) is 2.37. The number of aliphatic imine (C=N–C) groups is 1. The van der Waals surface area contributed by atoms with Crippen molar-refractivity contribution < 1.29 is 14.3 Å². The summed E-state index contributed by atoms with van der Waals surface area (Å²) in [4.78, 5) is 16.2. The van der Waals surface area contributed by atoms with Crippen molar-refractivity contribution in [3.05, 3.63) is 66.2 Å². The van der Waals surface area contributed by atoms with Gasteiger partial charge in [-0.25, -0.2) is 4.99 Å². The van der Waals surface area contributed by atoms with Gasteiger partial charge in [-0.2, -0.15) is 0 Å². The zero-order chi connectivity index (χ0) is 20.2. The maximum Gasteiger partial charge on any atom is 0.253 e. The van der Waals surface area contributed by atoms with E-state index < -0.39 is 5.91 Å². The standard InChI is InChI=1S/C22H27N3O3/c1-3-8-20(21(23)26)22(25-16-24-15-4-2)28-19-13-11-18(12-14-19)27-17-9-6-5-7-10-17/h5-14,24H,3-4,15-16H2,1-2H3,(H2,23,26)/b20-8-,25-22+. The third kappa shape index (κ3) is 6.89. The molecule has 0 saturated carbocycles. The molecule has 2 aromatic carbocycles. The van der Waals surface area contributed by atoms with Crippen molar-refractivity contribution in [3.8, 4) is 17.2 Å². The normalized spacial score (nSPS) is 11.9. The van der Waals surface area contributed by atoms with E-state index in [-0.39, 0.29) is 11.5 Å². The first-order valence-electron chi connectivity index (χ1n) is 9.40. The summed E-state index contributed by atoms with van der Waals surface area (Å²) in [6, 6.07) is 16.6. The van der Waals surface area contributed by atoms with Crippen LogP contribution >= 0.6 is 0 Å². The Kier molecular flexibility index (Phi) is 8.75. The summed E-state index contributed by atoms with van der Waals surface area (Å²) < 4.78 is 11.6. The van der Waals surface area contributed by atoms with Crippen LogP contribution in [0.4, 0.5) is 0 Å². The van der Waals surface area contributed by atoms with Gasteiger partial charge in [-0.3, -0.25) is 10.1 Å². The maximum atomic E-state index is 11.8. The van der Waals surface area contributed by atoms with Crippen LogP contribution in [-0.2, 0) is 4.79 Å². The van der Waals surface area contributed by atoms with Gasteiger partial charge in [0.1, 0.15) is 17.2 Å². The molecule has 0 aliphatic rings. The Morgan fingerprint density at radius 2 is 1.68 bits per heavy atom. The van der Waals surface area contributed by atoms with E-state index in [1.165, 1.54) is 0 Å². The number of amides is 1. The number of nitrogens with one attached hydrogen (secondary N) is 1. The van der Waals surface area contributed by atoms with Gasteiger partial charge in [-0.15, -0.1) is 0 Å². The second-order valence-corrected chi connectivity index (χ2v) is 6.00. The lowest BCUT2D eigenvalue weighted by Crippen LogP contribution is -2.26. The molecule has 0 spiro atoms. The second-order valence-electron chi connectivity index (χ2n) is 6.00. The van der Waals surface area contributed by atoms with Crippen molar-refractivity contribution in [3.63, 3.8) is 0 Å². The van der Waals surface area contributed by atoms with Crippen LogP contribution in [0.1, 0.15) is 26.7 Å². The molecule has 6 nitrogen and oxygen atoms in total. The molecule has 148 valence electrons. The number of nitrogens with two attached hydrogens (primary N) is 1. The first-order valence-corrected chi connectivity index (χ1v) is 9.40. The minimum absolute atomic E-state index is 0.203. The first kappa shape index (κ1) is 21.2. The highest BCUT2D eigenvalue weighted by Crippen LogP contribution is 2.24. The van der Waals surface area contributed by atoms with Crippen molar-refractivity contribution in [1.82, 2.24) is 5.32 Å². The van der Waals surface area contributed by atoms with Crippen LogP contribution in [0.2, 0.25) is 0 Å². The molecule has 0 saturated heterocycles. The molecule has 0 bridgehead atoms. The number of ether oxygens (including phenoxy) is 2. The molecule has 0 aliphatic carbocycles. The van der Waals surface area contributed by atoms with E-state index in [9.17, 15) is 4.79 Å². The highest BCUT2D eigenvalue weighted by molar-refractivity contribution is 6.18. The zero-order valence-electron chi connectivity index (χ0n) is 16.4. The van der Waals surface area contributed by atoms with Crippen LogP contribution in [0.15, 0.2) is 71.2 Å². The van der Waals surface area contributed by atoms with Crippen LogP contribution < -0.4 is 20.5 Å². The molecule has 3 N–H and O–H groups in total. The Morgan fingerprint density at radius 1 is 1.04 bits per heavy atom. The molecule has 1 amide bonds. The third-order valence-electron chi connectivity index (χ3n) is 3.68. The van der Waals surface area contributed by atoms with Gasteiger partial charge >= 0.3 is 0 Å². The Labute approximate surface area is 166 Å². The summed E-state index contributed by atoms with van der Waals surface area (Å²) in [5.74, 6) is 1.61. The van der Waals surface area contributed by atoms with Crippen LogP contribution in [0, 0.1) is 0 Å². The molecule has 2 rings (SSSR count). The van der Waals surface area contributed by atoms with Crippen molar-refractivity contribution in [2.24, 2.45) is 10.7 Å². The molecular formula is C22H27N3O3. The summed E-state index contributed by atoms with van der Waals surface area (Å²) in [6.45, 7) is 5.16. The molecule has 2 aromatic rings. The Morgan fingerprint density at radius 3 is 2.29 bits per heavy atom. The van der Waals surface area contributed by atoms with Crippen LogP contribution in [0.3, 0.4) is 0 Å². The second kappa shape index (κ2) is 11.6. The number of carbonyl (C=O) groups excluding carboxylic acids is 1. The molecule has 6 heteroatoms. The van der Waals surface area contributed by atoms with E-state index in [2.05, 4.69) is 17.2 Å². The van der Waals surface area contributed by atoms with Gasteiger partial charge in [0.15, 0.2) is 0 Å². The Bertz CT molecular complexity index is 800. The number of allylic oxidation sites excluding steroid dienone is 1. The fraction of sp³-hybridized carbons (Fsp3) is 0.273. The van der Waals surface area contributed by atoms with Crippen molar-refractivity contribution in [1.29, 1.82) is 0 Å². The molecule has 0 unspecified atom stereocenters. The average molecular weight is 381 g/mol. The molecule has 0 aromatic heterocycles. The fourth-order valence-electron chi connectivity index (χ4n) is 2.37. The van der Waals surface area contributed by atoms with E-state index in [0.29, 0.717) is 24.6 Å². The summed E-state index contributed by atoms with van der Waals surface area (Å²) in [7, 11) is 0. The van der Waals surface area contributed by atoms with Crippen molar-refractivity contribution in [2.75, 3.05) is 13.2 Å². The van der Waals surface area contributed by atoms with Crippen LogP contribution in [0.5, 0.6) is 17.2 Å². The smallest absolute Gasteiger partial charge is 0.253 e. The van der Waals surface area contributed by atoms with Gasteiger partial charge in [-0.1, -0.05) is 38.1 Å². The number of hydrogen-bond acceptors (Lipinski definition) is 5. The Hall–Kier alpha value is -3.12. The minimum Gasteiger partial charge on any atom is -0.457 e. The predicted molar refractivity (Wildman–Crippen MR) is 112 cm³/mol. The lowest BCUT2D eigenvalue weighted by molar-refractivity contribution is -0.114. The summed E-state index contributed by atoms with van der Waals surface area (Å²) in [6.07, 6.45) is 3.35. The van der Waals surface area contributed by atoms with Gasteiger partial charge in [0.2, 0.25) is 5.90 Å². The highest BCUT2D eigenvalue weighted by Gasteiger charge is 2.15. The molecule has 0 aliphatic heterocycles. The summed E-state index contributed by atoms with van der Waals surface area (Å²) in [5.41, 5.74) is 5.78. The monoisotopic (exact) mass is 381 g/mol. The van der Waals surface area contributed by atoms with Gasteiger partial charge in [0.05, 0.1) is 12.2 Å². The van der Waals surface area contributed by atoms with Crippen LogP contribution in [-0.4, -0.2) is 25.0 Å². The van der Waals surface area contributed by atoms with Gasteiger partial charge in [-0.05, 0) is 55.8 Å². The molecular weight excluding hydrogens is 354 g/mol. The molecule has 0 atom stereocenters. The SMILES string of the molecule is CC/C=C(C(N)=O)\C(=N/CNCCC)Oc1ccc(Oc2ccccc2)cc1. The number of primary amides is 1. The number of para-hydroxylation sites is 1. The van der Waals surface area contributed by atoms with Gasteiger partial charge in [0, 0.05) is 0 Å². The lowest BCUT2D eigenvalue weighted by Gasteiger charge is -2.12. The van der Waals surface area contributed by atoms with E-state index in [0.717, 1.165) is 18.7 Å². The van der Waals surface area contributed by atoms with E-state index in [1.807, 2.05) is 37.3 Å². The van der Waals surface area contributed by atoms with E-state index in [4.69, 9.17) is 15.2 Å². The molecule has 28 heavy (non-hydrogen) atoms. The topological polar surface area (TPSA) is 85.9 Å². The van der Waals surface area contributed by atoms with E-state index in [1.54, 1.807) is 30.3 Å². The maximum absolute atomic E-state index is 11.8. The molecule has 0 heterocycles. The van der Waals surface area contributed by atoms with Crippen molar-refractivity contribution >= 4 is 11.8 Å². The number of benzene rings is 2. The van der Waals surface area contributed by atoms with Crippen molar-refractivity contribution in [2.45, 2.75) is 26.7 Å². The molecule has 0 radical (unpaired) electrons. The predicted octanol–water partition coefficient (Wildman–Crippen LogP) is 4.04. The highest BCUT2D eigenvalue weighted by atomic mass is 16.5. The number of hydrogen-bond donors (Lipinski definition) is 2. The summed E-state index contributed by atoms with van der Waals surface area (Å²) >= 11 is 0. The van der Waals surface area contributed by atoms with E-state index >= 15 is 0 Å². The lowest BCUT2D eigenvalue weighted by atomic mass is 10.2. The average Bonchev–Trinajstić information content (AvgIpc) is 2.70. The Balaban J connectivity index is 2.13. The van der Waals surface area contributed by atoms with Crippen LogP contribution in [0.25, 0.3) is 0 Å². The minimum atomic E-state index is -0.569. The number of rotatable bonds is 10. The first-order chi connectivity index (χ1) is 13.6. The number of nitrogens with zero attached hydrogens (tertiary/aromatic N) is 1. The largest absolute Gasteiger partial charge is 0.457 e. The molecule has 0 fully saturated rings. The van der Waals surface area contributed by atoms with Gasteiger partial charge < -0.3 is 15.2 Å². The zero-order valence-corrected chi connectivity index (χ0v) is 16.4.